The fraction of sp³-hybridized carbons (Fsp3) is 0.424. The number of halogens is 4. The lowest BCUT2D eigenvalue weighted by atomic mass is 9.95. The minimum atomic E-state index is -4.62. The summed E-state index contributed by atoms with van der Waals surface area (Å²) in [4.78, 5) is 35.7. The van der Waals surface area contributed by atoms with Crippen LogP contribution in [0.1, 0.15) is 68.1 Å². The van der Waals surface area contributed by atoms with E-state index in [1.54, 1.807) is 37.8 Å². The van der Waals surface area contributed by atoms with Crippen molar-refractivity contribution in [2.75, 3.05) is 31.1 Å². The van der Waals surface area contributed by atoms with Crippen LogP contribution in [0.2, 0.25) is 0 Å². The Kier molecular flexibility index (Phi) is 8.70. The van der Waals surface area contributed by atoms with Crippen LogP contribution >= 0.6 is 0 Å². The number of alkyl halides is 3. The van der Waals surface area contributed by atoms with E-state index >= 15 is 0 Å². The number of anilines is 1. The van der Waals surface area contributed by atoms with Gasteiger partial charge in [0.05, 0.1) is 29.3 Å². The van der Waals surface area contributed by atoms with Crippen molar-refractivity contribution >= 4 is 29.3 Å². The zero-order valence-corrected chi connectivity index (χ0v) is 25.6. The van der Waals surface area contributed by atoms with Crippen molar-refractivity contribution in [3.05, 3.63) is 82.8 Å². The number of carboxylic acid groups (broad SMARTS) is 1. The zero-order chi connectivity index (χ0) is 32.7. The number of carbonyl (C=O) groups is 2. The van der Waals surface area contributed by atoms with Crippen LogP contribution in [0, 0.1) is 5.92 Å². The Hall–Kier alpha value is -4.35. The van der Waals surface area contributed by atoms with E-state index < -0.39 is 35.3 Å². The molecule has 2 atom stereocenters. The molecule has 12 heteroatoms. The molecular formula is C33H36F4N4O4. The molecule has 1 aliphatic carbocycles. The second-order valence-corrected chi connectivity index (χ2v) is 12.5. The van der Waals surface area contributed by atoms with E-state index in [-0.39, 0.29) is 29.4 Å². The van der Waals surface area contributed by atoms with Crippen LogP contribution in [0.15, 0.2) is 71.1 Å². The van der Waals surface area contributed by atoms with Gasteiger partial charge in [-0.3, -0.25) is 4.79 Å². The Morgan fingerprint density at radius 1 is 1.00 bits per heavy atom. The summed E-state index contributed by atoms with van der Waals surface area (Å²) in [5.74, 6) is -1.82. The predicted molar refractivity (Wildman–Crippen MR) is 162 cm³/mol. The number of hydrogen-bond acceptors (Lipinski definition) is 7. The van der Waals surface area contributed by atoms with Crippen LogP contribution in [0.4, 0.5) is 28.9 Å². The molecule has 2 unspecified atom stereocenters. The number of carboxylic acids is 1. The zero-order valence-electron chi connectivity index (χ0n) is 25.6. The van der Waals surface area contributed by atoms with Gasteiger partial charge in [0.25, 0.3) is 0 Å². The second kappa shape index (κ2) is 12.2. The Balaban J connectivity index is 1.58. The van der Waals surface area contributed by atoms with Gasteiger partial charge in [-0.2, -0.15) is 13.2 Å². The molecule has 0 bridgehead atoms. The minimum absolute atomic E-state index is 0.0420. The highest BCUT2D eigenvalue weighted by atomic mass is 19.4. The lowest BCUT2D eigenvalue weighted by Crippen LogP contribution is -2.55. The molecule has 2 aromatic rings. The molecule has 8 nitrogen and oxygen atoms in total. The van der Waals surface area contributed by atoms with Crippen molar-refractivity contribution in [2.24, 2.45) is 10.9 Å². The van der Waals surface area contributed by atoms with Gasteiger partial charge in [0.15, 0.2) is 0 Å². The number of guanidine groups is 1. The molecule has 240 valence electrons. The minimum Gasteiger partial charge on any atom is -0.478 e. The Morgan fingerprint density at radius 2 is 1.69 bits per heavy atom. The van der Waals surface area contributed by atoms with Gasteiger partial charge in [0.1, 0.15) is 11.4 Å². The molecule has 0 radical (unpaired) electrons. The molecule has 0 amide bonds. The summed E-state index contributed by atoms with van der Waals surface area (Å²) >= 11 is 0. The lowest BCUT2D eigenvalue weighted by Gasteiger charge is -2.46. The number of ether oxygens (including phenoxy) is 1. The number of benzene rings is 2. The van der Waals surface area contributed by atoms with Crippen LogP contribution < -0.4 is 4.90 Å². The Labute approximate surface area is 259 Å². The molecule has 2 heterocycles. The first-order valence-electron chi connectivity index (χ1n) is 14.8. The highest BCUT2D eigenvalue weighted by Crippen LogP contribution is 2.43. The van der Waals surface area contributed by atoms with Gasteiger partial charge in [-0.1, -0.05) is 13.0 Å². The monoisotopic (exact) mass is 628 g/mol. The average Bonchev–Trinajstić information content (AvgIpc) is 2.97. The lowest BCUT2D eigenvalue weighted by molar-refractivity contribution is -0.155. The topological polar surface area (TPSA) is 85.7 Å². The number of aromatic carboxylic acids is 1. The van der Waals surface area contributed by atoms with Gasteiger partial charge >= 0.3 is 18.1 Å². The average molecular weight is 629 g/mol. The van der Waals surface area contributed by atoms with Crippen LogP contribution in [0.25, 0.3) is 0 Å². The molecule has 2 aromatic carbocycles. The maximum atomic E-state index is 14.0. The number of nitrogens with zero attached hydrogens (tertiary/aromatic N) is 4. The van der Waals surface area contributed by atoms with E-state index in [4.69, 9.17) is 9.73 Å². The predicted octanol–water partition coefficient (Wildman–Crippen LogP) is 7.08. The van der Waals surface area contributed by atoms with Gasteiger partial charge in [-0.15, -0.1) is 0 Å². The van der Waals surface area contributed by atoms with Crippen molar-refractivity contribution in [1.29, 1.82) is 0 Å². The number of carbonyl (C=O) groups excluding carboxylic acids is 1. The molecule has 2 aliphatic heterocycles. The molecule has 45 heavy (non-hydrogen) atoms. The molecule has 1 saturated heterocycles. The summed E-state index contributed by atoms with van der Waals surface area (Å²) in [5, 5.41) is 9.73. The van der Waals surface area contributed by atoms with E-state index in [0.29, 0.717) is 49.8 Å². The fourth-order valence-electron chi connectivity index (χ4n) is 5.84. The molecule has 1 fully saturated rings. The van der Waals surface area contributed by atoms with Crippen molar-refractivity contribution in [3.63, 3.8) is 0 Å². The highest BCUT2D eigenvalue weighted by Gasteiger charge is 2.39. The normalized spacial score (nSPS) is 20.6. The number of aliphatic imine (C=N–C) groups is 1. The van der Waals surface area contributed by atoms with Gasteiger partial charge in [0, 0.05) is 49.0 Å². The molecule has 0 aromatic heterocycles. The summed E-state index contributed by atoms with van der Waals surface area (Å²) in [7, 11) is 0. The number of piperazine rings is 1. The number of rotatable bonds is 5. The number of allylic oxidation sites excluding steroid dienone is 4. The number of hydrogen-bond donors (Lipinski definition) is 1. The summed E-state index contributed by atoms with van der Waals surface area (Å²) < 4.78 is 61.3. The van der Waals surface area contributed by atoms with Crippen LogP contribution in [0.3, 0.4) is 0 Å². The summed E-state index contributed by atoms with van der Waals surface area (Å²) in [6, 6.07) is 8.25. The largest absolute Gasteiger partial charge is 0.478 e. The fourth-order valence-corrected chi connectivity index (χ4v) is 5.84. The van der Waals surface area contributed by atoms with Crippen molar-refractivity contribution < 1.29 is 37.0 Å². The molecule has 5 rings (SSSR count). The van der Waals surface area contributed by atoms with Crippen LogP contribution in [0.5, 0.6) is 0 Å². The summed E-state index contributed by atoms with van der Waals surface area (Å²) in [6.45, 7) is 9.00. The molecule has 1 N–H and O–H groups in total. The Bertz CT molecular complexity index is 1570. The smallest absolute Gasteiger partial charge is 0.416 e. The molecule has 0 saturated carbocycles. The third-order valence-corrected chi connectivity index (χ3v) is 8.00. The quantitative estimate of drug-likeness (QED) is 0.280. The van der Waals surface area contributed by atoms with E-state index in [9.17, 15) is 32.3 Å². The first kappa shape index (κ1) is 32.1. The Morgan fingerprint density at radius 3 is 2.31 bits per heavy atom. The number of esters is 1. The van der Waals surface area contributed by atoms with Gasteiger partial charge in [-0.25, -0.2) is 14.2 Å². The third-order valence-electron chi connectivity index (χ3n) is 8.00. The molecule has 0 spiro atoms. The first-order chi connectivity index (χ1) is 21.1. The van der Waals surface area contributed by atoms with Crippen molar-refractivity contribution in [2.45, 2.75) is 58.4 Å². The van der Waals surface area contributed by atoms with Crippen molar-refractivity contribution in [3.8, 4) is 0 Å². The first-order valence-corrected chi connectivity index (χ1v) is 14.8. The van der Waals surface area contributed by atoms with E-state index in [1.807, 2.05) is 11.8 Å². The van der Waals surface area contributed by atoms with Crippen molar-refractivity contribution in [1.82, 2.24) is 9.80 Å². The summed E-state index contributed by atoms with van der Waals surface area (Å²) in [6.07, 6.45) is -1.06. The maximum Gasteiger partial charge on any atom is 0.416 e. The van der Waals surface area contributed by atoms with E-state index in [1.165, 1.54) is 30.3 Å². The maximum absolute atomic E-state index is 14.0. The summed E-state index contributed by atoms with van der Waals surface area (Å²) in [5.41, 5.74) is 0.223. The van der Waals surface area contributed by atoms with E-state index in [2.05, 4.69) is 4.90 Å². The highest BCUT2D eigenvalue weighted by molar-refractivity contribution is 6.02. The van der Waals surface area contributed by atoms with Gasteiger partial charge < -0.3 is 24.5 Å². The van der Waals surface area contributed by atoms with E-state index in [0.717, 1.165) is 17.8 Å². The second-order valence-electron chi connectivity index (χ2n) is 12.5. The third kappa shape index (κ3) is 7.15. The SMILES string of the molecule is CC1CC(N2CCN(C3=Nc4ccc(C(=O)O)cc4C(CC(=O)OC(C)(C)C)N3c3cccc(C(F)(F)F)c3)CC2)=CC=C1F. The van der Waals surface area contributed by atoms with Gasteiger partial charge in [-0.05, 0) is 75.7 Å². The standard InChI is InChI=1S/C33H36F4N4O4/c1-20-16-23(9-10-26(20)34)39-12-14-40(15-13-39)31-38-27-11-8-21(30(43)44)17-25(27)28(19-29(42)45-32(2,3)4)41(31)24-7-5-6-22(18-24)33(35,36)37/h5-11,17-18,20,28H,12-16,19H2,1-4H3,(H,43,44). The van der Waals surface area contributed by atoms with Gasteiger partial charge in [0.2, 0.25) is 5.96 Å². The number of fused-ring (bicyclic) bond motifs is 1. The van der Waals surface area contributed by atoms with Crippen LogP contribution in [-0.2, 0) is 15.7 Å². The van der Waals surface area contributed by atoms with Crippen LogP contribution in [-0.4, -0.2) is 64.6 Å². The molecule has 3 aliphatic rings. The molecular weight excluding hydrogens is 592 g/mol.